The number of H-pyrrole nitrogens is 1. The number of imidazole rings is 1. The van der Waals surface area contributed by atoms with Gasteiger partial charge in [-0.05, 0) is 44.5 Å². The molecular weight excluding hydrogens is 238 g/mol. The molecule has 0 spiro atoms. The lowest BCUT2D eigenvalue weighted by Crippen LogP contribution is -2.18. The molecule has 4 nitrogen and oxygen atoms in total. The van der Waals surface area contributed by atoms with Crippen molar-refractivity contribution in [2.45, 2.75) is 33.2 Å². The predicted octanol–water partition coefficient (Wildman–Crippen LogP) is 2.67. The molecule has 3 N–H and O–H groups in total. The summed E-state index contributed by atoms with van der Waals surface area (Å²) in [5, 5.41) is 0. The van der Waals surface area contributed by atoms with Crippen LogP contribution in [0.1, 0.15) is 25.2 Å². The summed E-state index contributed by atoms with van der Waals surface area (Å²) in [6, 6.07) is 6.26. The van der Waals surface area contributed by atoms with Crippen LogP contribution >= 0.6 is 0 Å². The first-order valence-electron chi connectivity index (χ1n) is 6.63. The van der Waals surface area contributed by atoms with Crippen LogP contribution in [0.15, 0.2) is 24.4 Å². The average Bonchev–Trinajstić information content (AvgIpc) is 2.79. The zero-order valence-corrected chi connectivity index (χ0v) is 11.7. The Hall–Kier alpha value is -1.81. The van der Waals surface area contributed by atoms with E-state index in [9.17, 15) is 0 Å². The van der Waals surface area contributed by atoms with Crippen molar-refractivity contribution in [3.05, 3.63) is 35.8 Å². The molecule has 0 aliphatic rings. The van der Waals surface area contributed by atoms with Gasteiger partial charge >= 0.3 is 0 Å². The zero-order chi connectivity index (χ0) is 13.8. The normalized spacial score (nSPS) is 12.4. The Balaban J connectivity index is 2.22. The second kappa shape index (κ2) is 5.89. The summed E-state index contributed by atoms with van der Waals surface area (Å²) in [4.78, 5) is 7.66. The maximum atomic E-state index is 5.77. The minimum Gasteiger partial charge on any atom is -0.494 e. The first-order chi connectivity index (χ1) is 9.10. The lowest BCUT2D eigenvalue weighted by Gasteiger charge is -2.08. The van der Waals surface area contributed by atoms with Crippen molar-refractivity contribution in [2.75, 3.05) is 6.61 Å². The third kappa shape index (κ3) is 3.35. The van der Waals surface area contributed by atoms with Gasteiger partial charge in [-0.25, -0.2) is 4.98 Å². The van der Waals surface area contributed by atoms with E-state index >= 15 is 0 Å². The Bertz CT molecular complexity index is 546. The van der Waals surface area contributed by atoms with Crippen LogP contribution < -0.4 is 10.5 Å². The second-order valence-corrected chi connectivity index (χ2v) is 4.84. The molecule has 0 bridgehead atoms. The fourth-order valence-electron chi connectivity index (χ4n) is 2.05. The quantitative estimate of drug-likeness (QED) is 0.867. The molecule has 0 saturated heterocycles. The first-order valence-corrected chi connectivity index (χ1v) is 6.63. The van der Waals surface area contributed by atoms with E-state index in [2.05, 4.69) is 16.0 Å². The highest BCUT2D eigenvalue weighted by molar-refractivity contribution is 5.61. The Morgan fingerprint density at radius 2 is 2.21 bits per heavy atom. The first kappa shape index (κ1) is 13.6. The molecule has 102 valence electrons. The number of rotatable bonds is 5. The lowest BCUT2D eigenvalue weighted by molar-refractivity contribution is 0.338. The molecule has 0 radical (unpaired) electrons. The third-order valence-corrected chi connectivity index (χ3v) is 2.93. The highest BCUT2D eigenvalue weighted by atomic mass is 16.5. The summed E-state index contributed by atoms with van der Waals surface area (Å²) in [6.07, 6.45) is 2.61. The highest BCUT2D eigenvalue weighted by Gasteiger charge is 2.07. The largest absolute Gasteiger partial charge is 0.494 e. The van der Waals surface area contributed by atoms with Gasteiger partial charge < -0.3 is 15.5 Å². The van der Waals surface area contributed by atoms with Crippen LogP contribution in [0.2, 0.25) is 0 Å². The Labute approximate surface area is 114 Å². The van der Waals surface area contributed by atoms with Gasteiger partial charge in [-0.3, -0.25) is 0 Å². The van der Waals surface area contributed by atoms with Crippen LogP contribution in [0.25, 0.3) is 11.3 Å². The molecule has 1 heterocycles. The topological polar surface area (TPSA) is 63.9 Å². The number of aromatic amines is 1. The van der Waals surface area contributed by atoms with Crippen LogP contribution in [-0.4, -0.2) is 22.6 Å². The molecule has 19 heavy (non-hydrogen) atoms. The van der Waals surface area contributed by atoms with E-state index in [1.165, 1.54) is 0 Å². The van der Waals surface area contributed by atoms with Gasteiger partial charge in [-0.2, -0.15) is 0 Å². The molecule has 1 aromatic carbocycles. The molecule has 1 atom stereocenters. The molecular formula is C15H21N3O. The number of aromatic nitrogens is 2. The number of benzene rings is 1. The van der Waals surface area contributed by atoms with Crippen LogP contribution in [0.4, 0.5) is 0 Å². The Kier molecular flexibility index (Phi) is 4.22. The van der Waals surface area contributed by atoms with Gasteiger partial charge in [0.1, 0.15) is 11.6 Å². The molecule has 0 amide bonds. The molecule has 4 heteroatoms. The predicted molar refractivity (Wildman–Crippen MR) is 77.3 cm³/mol. The van der Waals surface area contributed by atoms with E-state index in [0.717, 1.165) is 34.8 Å². The standard InChI is InChI=1S/C15H21N3O/c1-4-19-14-6-5-12(7-10(14)2)13-9-17-15(18-13)8-11(3)16/h5-7,9,11H,4,8,16H2,1-3H3,(H,17,18). The fraction of sp³-hybridized carbons (Fsp3) is 0.400. The van der Waals surface area contributed by atoms with E-state index in [1.54, 1.807) is 0 Å². The summed E-state index contributed by atoms with van der Waals surface area (Å²) in [5.41, 5.74) is 9.03. The number of nitrogens with zero attached hydrogens (tertiary/aromatic N) is 1. The van der Waals surface area contributed by atoms with Crippen molar-refractivity contribution in [3.63, 3.8) is 0 Å². The lowest BCUT2D eigenvalue weighted by atomic mass is 10.1. The van der Waals surface area contributed by atoms with Gasteiger partial charge in [-0.1, -0.05) is 0 Å². The van der Waals surface area contributed by atoms with Crippen molar-refractivity contribution in [1.29, 1.82) is 0 Å². The van der Waals surface area contributed by atoms with Crippen LogP contribution in [0.3, 0.4) is 0 Å². The molecule has 1 unspecified atom stereocenters. The van der Waals surface area contributed by atoms with E-state index < -0.39 is 0 Å². The SMILES string of the molecule is CCOc1ccc(-c2cnc(CC(C)N)[nH]2)cc1C. The van der Waals surface area contributed by atoms with Crippen molar-refractivity contribution >= 4 is 0 Å². The molecule has 0 fully saturated rings. The minimum absolute atomic E-state index is 0.112. The Morgan fingerprint density at radius 1 is 1.42 bits per heavy atom. The zero-order valence-electron chi connectivity index (χ0n) is 11.7. The number of hydrogen-bond donors (Lipinski definition) is 2. The number of ether oxygens (including phenoxy) is 1. The maximum Gasteiger partial charge on any atom is 0.122 e. The average molecular weight is 259 g/mol. The van der Waals surface area contributed by atoms with Crippen molar-refractivity contribution in [3.8, 4) is 17.0 Å². The van der Waals surface area contributed by atoms with Gasteiger partial charge in [0.25, 0.3) is 0 Å². The van der Waals surface area contributed by atoms with Gasteiger partial charge in [0.2, 0.25) is 0 Å². The summed E-state index contributed by atoms with van der Waals surface area (Å²) in [5.74, 6) is 1.86. The molecule has 1 aromatic heterocycles. The van der Waals surface area contributed by atoms with E-state index in [-0.39, 0.29) is 6.04 Å². The highest BCUT2D eigenvalue weighted by Crippen LogP contribution is 2.25. The number of aryl methyl sites for hydroxylation is 1. The molecule has 0 saturated carbocycles. The smallest absolute Gasteiger partial charge is 0.122 e. The Morgan fingerprint density at radius 3 is 2.84 bits per heavy atom. The van der Waals surface area contributed by atoms with Gasteiger partial charge in [0.15, 0.2) is 0 Å². The number of hydrogen-bond acceptors (Lipinski definition) is 3. The summed E-state index contributed by atoms with van der Waals surface area (Å²) in [7, 11) is 0. The van der Waals surface area contributed by atoms with Gasteiger partial charge in [0.05, 0.1) is 18.5 Å². The van der Waals surface area contributed by atoms with Crippen LogP contribution in [0.5, 0.6) is 5.75 Å². The number of nitrogens with one attached hydrogen (secondary N) is 1. The summed E-state index contributed by atoms with van der Waals surface area (Å²) < 4.78 is 5.54. The molecule has 2 rings (SSSR count). The van der Waals surface area contributed by atoms with Crippen molar-refractivity contribution in [1.82, 2.24) is 9.97 Å². The van der Waals surface area contributed by atoms with Crippen molar-refractivity contribution < 1.29 is 4.74 Å². The minimum atomic E-state index is 0.112. The van der Waals surface area contributed by atoms with E-state index in [0.29, 0.717) is 6.61 Å². The monoisotopic (exact) mass is 259 g/mol. The number of nitrogens with two attached hydrogens (primary N) is 1. The van der Waals surface area contributed by atoms with Gasteiger partial charge in [0, 0.05) is 18.0 Å². The third-order valence-electron chi connectivity index (χ3n) is 2.93. The second-order valence-electron chi connectivity index (χ2n) is 4.84. The van der Waals surface area contributed by atoms with Gasteiger partial charge in [-0.15, -0.1) is 0 Å². The van der Waals surface area contributed by atoms with E-state index in [4.69, 9.17) is 10.5 Å². The fourth-order valence-corrected chi connectivity index (χ4v) is 2.05. The molecule has 0 aliphatic carbocycles. The van der Waals surface area contributed by atoms with E-state index in [1.807, 2.05) is 39.1 Å². The van der Waals surface area contributed by atoms with Crippen LogP contribution in [0, 0.1) is 6.92 Å². The summed E-state index contributed by atoms with van der Waals surface area (Å²) >= 11 is 0. The van der Waals surface area contributed by atoms with Crippen molar-refractivity contribution in [2.24, 2.45) is 5.73 Å². The summed E-state index contributed by atoms with van der Waals surface area (Å²) in [6.45, 7) is 6.70. The molecule has 0 aliphatic heterocycles. The molecule has 2 aromatic rings. The maximum absolute atomic E-state index is 5.77. The van der Waals surface area contributed by atoms with Crippen LogP contribution in [-0.2, 0) is 6.42 Å².